The zero-order valence-corrected chi connectivity index (χ0v) is 11.4. The summed E-state index contributed by atoms with van der Waals surface area (Å²) in [5, 5.41) is 4.38. The molecule has 0 aromatic carbocycles. The van der Waals surface area contributed by atoms with Crippen LogP contribution in [0.1, 0.15) is 41.0 Å². The molecule has 0 atom stereocenters. The lowest BCUT2D eigenvalue weighted by Crippen LogP contribution is -2.23. The van der Waals surface area contributed by atoms with Gasteiger partial charge in [-0.1, -0.05) is 34.6 Å². The molecule has 0 amide bonds. The normalized spacial score (nSPS) is 13.2. The van der Waals surface area contributed by atoms with Gasteiger partial charge in [-0.15, -0.1) is 11.8 Å². The van der Waals surface area contributed by atoms with Crippen LogP contribution < -0.4 is 0 Å². The van der Waals surface area contributed by atoms with E-state index in [0.29, 0.717) is 10.2 Å². The van der Waals surface area contributed by atoms with Gasteiger partial charge in [0, 0.05) is 15.0 Å². The van der Waals surface area contributed by atoms with Crippen molar-refractivity contribution in [2.24, 2.45) is 5.41 Å². The molecule has 0 saturated heterocycles. The van der Waals surface area contributed by atoms with Crippen molar-refractivity contribution in [3.63, 3.8) is 0 Å². The third-order valence-corrected chi connectivity index (χ3v) is 3.86. The highest BCUT2D eigenvalue weighted by molar-refractivity contribution is 8.00. The lowest BCUT2D eigenvalue weighted by molar-refractivity contribution is 0.339. The van der Waals surface area contributed by atoms with Crippen LogP contribution >= 0.6 is 23.1 Å². The molecule has 0 aliphatic rings. The first-order valence-electron chi connectivity index (χ1n) is 5.00. The lowest BCUT2D eigenvalue weighted by atomic mass is 9.86. The molecule has 1 aromatic heterocycles. The van der Waals surface area contributed by atoms with E-state index in [1.807, 2.05) is 11.8 Å². The van der Waals surface area contributed by atoms with Crippen LogP contribution in [0.25, 0.3) is 0 Å². The van der Waals surface area contributed by atoms with Crippen LogP contribution in [0.15, 0.2) is 21.7 Å². The van der Waals surface area contributed by atoms with Gasteiger partial charge in [0.2, 0.25) is 0 Å². The summed E-state index contributed by atoms with van der Waals surface area (Å²) in [5.41, 5.74) is 0.409. The first kappa shape index (κ1) is 12.1. The maximum absolute atomic E-state index is 2.33. The molecule has 0 nitrogen and oxygen atoms in total. The van der Waals surface area contributed by atoms with Crippen molar-refractivity contribution in [2.45, 2.75) is 50.7 Å². The Labute approximate surface area is 96.1 Å². The minimum atomic E-state index is 0.333. The maximum atomic E-state index is 2.33. The predicted molar refractivity (Wildman–Crippen MR) is 68.3 cm³/mol. The summed E-state index contributed by atoms with van der Waals surface area (Å²) < 4.78 is 0.333. The van der Waals surface area contributed by atoms with E-state index in [4.69, 9.17) is 0 Å². The Morgan fingerprint density at radius 2 is 1.86 bits per heavy atom. The van der Waals surface area contributed by atoms with E-state index in [1.165, 1.54) is 11.3 Å². The van der Waals surface area contributed by atoms with Gasteiger partial charge in [0.1, 0.15) is 0 Å². The van der Waals surface area contributed by atoms with Gasteiger partial charge in [0.25, 0.3) is 0 Å². The largest absolute Gasteiger partial charge is 0.151 e. The third-order valence-electron chi connectivity index (χ3n) is 1.85. The van der Waals surface area contributed by atoms with Gasteiger partial charge >= 0.3 is 0 Å². The Hall–Kier alpha value is 0.0500. The molecular weight excluding hydrogens is 208 g/mol. The molecule has 1 aromatic rings. The SMILES string of the molecule is CC(C)(C)CC(C)(C)Sc1ccsc1. The summed E-state index contributed by atoms with van der Waals surface area (Å²) in [6.45, 7) is 11.6. The maximum Gasteiger partial charge on any atom is 0.0184 e. The van der Waals surface area contributed by atoms with Gasteiger partial charge in [-0.3, -0.25) is 0 Å². The fraction of sp³-hybridized carbons (Fsp3) is 0.667. The molecule has 2 heteroatoms. The van der Waals surface area contributed by atoms with Gasteiger partial charge < -0.3 is 0 Å². The highest BCUT2D eigenvalue weighted by Gasteiger charge is 2.26. The number of rotatable bonds is 3. The zero-order valence-electron chi connectivity index (χ0n) is 9.76. The summed E-state index contributed by atoms with van der Waals surface area (Å²) in [5.74, 6) is 0. The van der Waals surface area contributed by atoms with Crippen LogP contribution in [-0.4, -0.2) is 4.75 Å². The second kappa shape index (κ2) is 4.28. The van der Waals surface area contributed by atoms with Crippen LogP contribution in [0, 0.1) is 5.41 Å². The first-order chi connectivity index (χ1) is 6.29. The number of thioether (sulfide) groups is 1. The Morgan fingerprint density at radius 3 is 2.29 bits per heavy atom. The summed E-state index contributed by atoms with van der Waals surface area (Å²) in [7, 11) is 0. The molecule has 0 fully saturated rings. The van der Waals surface area contributed by atoms with Gasteiger partial charge in [-0.2, -0.15) is 11.3 Å². The first-order valence-corrected chi connectivity index (χ1v) is 6.76. The fourth-order valence-electron chi connectivity index (χ4n) is 1.94. The molecule has 0 unspecified atom stereocenters. The number of hydrogen-bond acceptors (Lipinski definition) is 2. The van der Waals surface area contributed by atoms with E-state index >= 15 is 0 Å². The van der Waals surface area contributed by atoms with E-state index in [1.54, 1.807) is 11.3 Å². The minimum Gasteiger partial charge on any atom is -0.151 e. The van der Waals surface area contributed by atoms with Gasteiger partial charge in [0.15, 0.2) is 0 Å². The average Bonchev–Trinajstić information content (AvgIpc) is 2.31. The molecule has 0 aliphatic carbocycles. The van der Waals surface area contributed by atoms with Crippen molar-refractivity contribution >= 4 is 23.1 Å². The molecule has 0 spiro atoms. The molecule has 0 radical (unpaired) electrons. The monoisotopic (exact) mass is 228 g/mol. The van der Waals surface area contributed by atoms with Crippen LogP contribution in [0.5, 0.6) is 0 Å². The second-order valence-corrected chi connectivity index (χ2v) is 8.12. The Bertz CT molecular complexity index is 265. The summed E-state index contributed by atoms with van der Waals surface area (Å²) in [6.07, 6.45) is 1.24. The van der Waals surface area contributed by atoms with E-state index < -0.39 is 0 Å². The van der Waals surface area contributed by atoms with Crippen molar-refractivity contribution < 1.29 is 0 Å². The van der Waals surface area contributed by atoms with E-state index in [0.717, 1.165) is 0 Å². The molecule has 0 bridgehead atoms. The predicted octanol–water partition coefficient (Wildman–Crippen LogP) is 5.06. The Balaban J connectivity index is 2.58. The smallest absolute Gasteiger partial charge is 0.0184 e. The van der Waals surface area contributed by atoms with E-state index in [9.17, 15) is 0 Å². The number of thiophene rings is 1. The Kier molecular flexibility index (Phi) is 3.70. The Morgan fingerprint density at radius 1 is 1.21 bits per heavy atom. The zero-order chi connectivity index (χ0) is 10.8. The quantitative estimate of drug-likeness (QED) is 0.652. The standard InChI is InChI=1S/C12H20S2/c1-11(2,3)9-12(4,5)14-10-6-7-13-8-10/h6-8H,9H2,1-5H3. The topological polar surface area (TPSA) is 0 Å². The van der Waals surface area contributed by atoms with E-state index in [-0.39, 0.29) is 0 Å². The average molecular weight is 228 g/mol. The van der Waals surface area contributed by atoms with Crippen molar-refractivity contribution in [1.82, 2.24) is 0 Å². The molecule has 0 N–H and O–H groups in total. The van der Waals surface area contributed by atoms with Crippen LogP contribution in [0.2, 0.25) is 0 Å². The fourth-order valence-corrected chi connectivity index (χ4v) is 4.18. The third kappa shape index (κ3) is 4.52. The summed E-state index contributed by atoms with van der Waals surface area (Å²) >= 11 is 3.77. The molecule has 14 heavy (non-hydrogen) atoms. The van der Waals surface area contributed by atoms with Gasteiger partial charge in [-0.05, 0) is 23.3 Å². The van der Waals surface area contributed by atoms with Crippen molar-refractivity contribution in [1.29, 1.82) is 0 Å². The lowest BCUT2D eigenvalue weighted by Gasteiger charge is -2.31. The summed E-state index contributed by atoms with van der Waals surface area (Å²) in [6, 6.07) is 2.21. The van der Waals surface area contributed by atoms with Crippen molar-refractivity contribution in [3.8, 4) is 0 Å². The molecule has 1 rings (SSSR count). The van der Waals surface area contributed by atoms with Crippen LogP contribution in [-0.2, 0) is 0 Å². The van der Waals surface area contributed by atoms with Crippen LogP contribution in [0.4, 0.5) is 0 Å². The molecule has 0 saturated carbocycles. The van der Waals surface area contributed by atoms with Gasteiger partial charge in [0.05, 0.1) is 0 Å². The van der Waals surface area contributed by atoms with Crippen LogP contribution in [0.3, 0.4) is 0 Å². The van der Waals surface area contributed by atoms with Crippen molar-refractivity contribution in [3.05, 3.63) is 16.8 Å². The molecule has 0 aliphatic heterocycles. The number of hydrogen-bond donors (Lipinski definition) is 0. The molecule has 80 valence electrons. The minimum absolute atomic E-state index is 0.333. The van der Waals surface area contributed by atoms with Gasteiger partial charge in [-0.25, -0.2) is 0 Å². The highest BCUT2D eigenvalue weighted by Crippen LogP contribution is 2.41. The molecule has 1 heterocycles. The van der Waals surface area contributed by atoms with E-state index in [2.05, 4.69) is 51.4 Å². The summed E-state index contributed by atoms with van der Waals surface area (Å²) in [4.78, 5) is 1.41. The molecular formula is C12H20S2. The second-order valence-electron chi connectivity index (χ2n) is 5.56. The van der Waals surface area contributed by atoms with Crippen molar-refractivity contribution in [2.75, 3.05) is 0 Å². The highest BCUT2D eigenvalue weighted by atomic mass is 32.2.